The van der Waals surface area contributed by atoms with E-state index in [1.54, 1.807) is 12.1 Å². The normalized spacial score (nSPS) is 16.1. The summed E-state index contributed by atoms with van der Waals surface area (Å²) in [6.07, 6.45) is 5.66. The Bertz CT molecular complexity index is 456. The molecular formula is C15H22N2O3. The third kappa shape index (κ3) is 3.93. The smallest absolute Gasteiger partial charge is 0.311 e. The molecule has 0 saturated heterocycles. The van der Waals surface area contributed by atoms with Crippen molar-refractivity contribution in [2.24, 2.45) is 0 Å². The minimum absolute atomic E-state index is 0.0750. The summed E-state index contributed by atoms with van der Waals surface area (Å²) in [6, 6.07) is 5.24. The van der Waals surface area contributed by atoms with Gasteiger partial charge < -0.3 is 10.1 Å². The molecule has 1 aliphatic rings. The molecule has 0 spiro atoms. The fourth-order valence-electron chi connectivity index (χ4n) is 2.55. The summed E-state index contributed by atoms with van der Waals surface area (Å²) in [6.45, 7) is 3.49. The van der Waals surface area contributed by atoms with E-state index in [4.69, 9.17) is 4.74 Å². The summed E-state index contributed by atoms with van der Waals surface area (Å²) in [5.41, 5.74) is 0.987. The number of ether oxygens (including phenoxy) is 1. The molecule has 0 heterocycles. The van der Waals surface area contributed by atoms with Crippen molar-refractivity contribution in [1.29, 1.82) is 0 Å². The third-order valence-electron chi connectivity index (χ3n) is 3.65. The van der Waals surface area contributed by atoms with Gasteiger partial charge in [0.1, 0.15) is 0 Å². The predicted octanol–water partition coefficient (Wildman–Crippen LogP) is 3.42. The minimum atomic E-state index is -0.354. The molecule has 1 fully saturated rings. The van der Waals surface area contributed by atoms with Crippen LogP contribution in [0.1, 0.15) is 44.6 Å². The molecule has 2 rings (SSSR count). The topological polar surface area (TPSA) is 64.4 Å². The Morgan fingerprint density at radius 3 is 2.75 bits per heavy atom. The van der Waals surface area contributed by atoms with Gasteiger partial charge in [-0.2, -0.15) is 0 Å². The zero-order valence-electron chi connectivity index (χ0n) is 11.9. The van der Waals surface area contributed by atoms with Gasteiger partial charge in [0.2, 0.25) is 0 Å². The Morgan fingerprint density at radius 2 is 2.10 bits per heavy atom. The number of hydrogen-bond acceptors (Lipinski definition) is 4. The molecule has 5 heteroatoms. The van der Waals surface area contributed by atoms with Gasteiger partial charge in [0, 0.05) is 12.6 Å². The maximum atomic E-state index is 11.2. The standard InChI is InChI=1S/C15H22N2O3/c1-2-16-11-12-8-9-15(14(10-12)17(18)19)20-13-6-4-3-5-7-13/h8-10,13,16H,2-7,11H2,1H3. The number of nitro benzene ring substituents is 1. The van der Waals surface area contributed by atoms with E-state index >= 15 is 0 Å². The van der Waals surface area contributed by atoms with Gasteiger partial charge in [-0.1, -0.05) is 19.4 Å². The third-order valence-corrected chi connectivity index (χ3v) is 3.65. The highest BCUT2D eigenvalue weighted by Gasteiger charge is 2.21. The molecular weight excluding hydrogens is 256 g/mol. The van der Waals surface area contributed by atoms with Crippen molar-refractivity contribution in [3.63, 3.8) is 0 Å². The Labute approximate surface area is 119 Å². The van der Waals surface area contributed by atoms with Crippen molar-refractivity contribution in [2.45, 2.75) is 51.7 Å². The first-order valence-electron chi connectivity index (χ1n) is 7.35. The van der Waals surface area contributed by atoms with Crippen LogP contribution in [0.15, 0.2) is 18.2 Å². The first kappa shape index (κ1) is 14.8. The monoisotopic (exact) mass is 278 g/mol. The lowest BCUT2D eigenvalue weighted by molar-refractivity contribution is -0.386. The molecule has 0 atom stereocenters. The maximum absolute atomic E-state index is 11.2. The summed E-state index contributed by atoms with van der Waals surface area (Å²) in [4.78, 5) is 10.8. The molecule has 5 nitrogen and oxygen atoms in total. The molecule has 1 aliphatic carbocycles. The molecule has 0 aliphatic heterocycles. The highest BCUT2D eigenvalue weighted by molar-refractivity contribution is 5.48. The summed E-state index contributed by atoms with van der Waals surface area (Å²) < 4.78 is 5.85. The summed E-state index contributed by atoms with van der Waals surface area (Å²) in [7, 11) is 0. The van der Waals surface area contributed by atoms with Crippen LogP contribution in [0, 0.1) is 10.1 Å². The van der Waals surface area contributed by atoms with Crippen LogP contribution in [-0.4, -0.2) is 17.6 Å². The van der Waals surface area contributed by atoms with Crippen LogP contribution in [0.4, 0.5) is 5.69 Å². The number of hydrogen-bond donors (Lipinski definition) is 1. The Balaban J connectivity index is 2.12. The van der Waals surface area contributed by atoms with E-state index in [2.05, 4.69) is 5.32 Å². The second kappa shape index (κ2) is 7.24. The van der Waals surface area contributed by atoms with E-state index in [0.29, 0.717) is 12.3 Å². The van der Waals surface area contributed by atoms with E-state index in [1.165, 1.54) is 6.42 Å². The van der Waals surface area contributed by atoms with E-state index < -0.39 is 0 Å². The van der Waals surface area contributed by atoms with Gasteiger partial charge in [0.25, 0.3) is 0 Å². The summed E-state index contributed by atoms with van der Waals surface area (Å²) in [5, 5.41) is 14.4. The average Bonchev–Trinajstić information content (AvgIpc) is 2.47. The van der Waals surface area contributed by atoms with Crippen LogP contribution < -0.4 is 10.1 Å². The van der Waals surface area contributed by atoms with E-state index in [0.717, 1.165) is 37.8 Å². The van der Waals surface area contributed by atoms with Crippen LogP contribution in [0.25, 0.3) is 0 Å². The summed E-state index contributed by atoms with van der Waals surface area (Å²) >= 11 is 0. The highest BCUT2D eigenvalue weighted by Crippen LogP contribution is 2.31. The van der Waals surface area contributed by atoms with Gasteiger partial charge in [-0.3, -0.25) is 10.1 Å². The predicted molar refractivity (Wildman–Crippen MR) is 78.0 cm³/mol. The SMILES string of the molecule is CCNCc1ccc(OC2CCCCC2)c([N+](=O)[O-])c1. The number of nitrogens with one attached hydrogen (secondary N) is 1. The van der Waals surface area contributed by atoms with Crippen molar-refractivity contribution < 1.29 is 9.66 Å². The van der Waals surface area contributed by atoms with Gasteiger partial charge in [-0.05, 0) is 43.9 Å². The molecule has 0 bridgehead atoms. The first-order chi connectivity index (χ1) is 9.70. The van der Waals surface area contributed by atoms with Gasteiger partial charge in [0.05, 0.1) is 11.0 Å². The average molecular weight is 278 g/mol. The lowest BCUT2D eigenvalue weighted by Crippen LogP contribution is -2.20. The molecule has 20 heavy (non-hydrogen) atoms. The van der Waals surface area contributed by atoms with Crippen molar-refractivity contribution in [2.75, 3.05) is 6.54 Å². The second-order valence-corrected chi connectivity index (χ2v) is 5.22. The van der Waals surface area contributed by atoms with Crippen LogP contribution in [0.3, 0.4) is 0 Å². The molecule has 110 valence electrons. The van der Waals surface area contributed by atoms with Crippen LogP contribution in [0.5, 0.6) is 5.75 Å². The fraction of sp³-hybridized carbons (Fsp3) is 0.600. The lowest BCUT2D eigenvalue weighted by atomic mass is 9.98. The van der Waals surface area contributed by atoms with Crippen LogP contribution in [-0.2, 0) is 6.54 Å². The zero-order chi connectivity index (χ0) is 14.4. The van der Waals surface area contributed by atoms with Crippen molar-refractivity contribution in [1.82, 2.24) is 5.32 Å². The Hall–Kier alpha value is -1.62. The molecule has 1 aromatic carbocycles. The second-order valence-electron chi connectivity index (χ2n) is 5.22. The number of benzene rings is 1. The fourth-order valence-corrected chi connectivity index (χ4v) is 2.55. The van der Waals surface area contributed by atoms with Crippen LogP contribution >= 0.6 is 0 Å². The molecule has 1 saturated carbocycles. The van der Waals surface area contributed by atoms with Gasteiger partial charge in [-0.15, -0.1) is 0 Å². The molecule has 0 unspecified atom stereocenters. The van der Waals surface area contributed by atoms with Gasteiger partial charge in [-0.25, -0.2) is 0 Å². The number of nitrogens with zero attached hydrogens (tertiary/aromatic N) is 1. The molecule has 0 radical (unpaired) electrons. The lowest BCUT2D eigenvalue weighted by Gasteiger charge is -2.22. The molecule has 1 aromatic rings. The van der Waals surface area contributed by atoms with Gasteiger partial charge >= 0.3 is 5.69 Å². The van der Waals surface area contributed by atoms with Crippen molar-refractivity contribution >= 4 is 5.69 Å². The van der Waals surface area contributed by atoms with E-state index in [-0.39, 0.29) is 16.7 Å². The van der Waals surface area contributed by atoms with Crippen LogP contribution in [0.2, 0.25) is 0 Å². The van der Waals surface area contributed by atoms with Gasteiger partial charge in [0.15, 0.2) is 5.75 Å². The van der Waals surface area contributed by atoms with E-state index in [1.807, 2.05) is 13.0 Å². The molecule has 0 aromatic heterocycles. The zero-order valence-corrected chi connectivity index (χ0v) is 11.9. The van der Waals surface area contributed by atoms with Crippen molar-refractivity contribution in [3.8, 4) is 5.75 Å². The number of nitro groups is 1. The largest absolute Gasteiger partial charge is 0.484 e. The Kier molecular flexibility index (Phi) is 5.35. The first-order valence-corrected chi connectivity index (χ1v) is 7.35. The number of rotatable bonds is 6. The van der Waals surface area contributed by atoms with Crippen molar-refractivity contribution in [3.05, 3.63) is 33.9 Å². The molecule has 0 amide bonds. The molecule has 1 N–H and O–H groups in total. The Morgan fingerprint density at radius 1 is 1.35 bits per heavy atom. The summed E-state index contributed by atoms with van der Waals surface area (Å²) in [5.74, 6) is 0.405. The maximum Gasteiger partial charge on any atom is 0.311 e. The van der Waals surface area contributed by atoms with E-state index in [9.17, 15) is 10.1 Å². The highest BCUT2D eigenvalue weighted by atomic mass is 16.6. The minimum Gasteiger partial charge on any atom is -0.484 e. The quantitative estimate of drug-likeness (QED) is 0.639.